The monoisotopic (exact) mass is 407 g/mol. The molecule has 118 valence electrons. The van der Waals surface area contributed by atoms with Gasteiger partial charge >= 0.3 is 0 Å². The maximum absolute atomic E-state index is 9.67. The van der Waals surface area contributed by atoms with E-state index in [1.165, 1.54) is 4.90 Å². The van der Waals surface area contributed by atoms with Gasteiger partial charge in [-0.25, -0.2) is 4.98 Å². The van der Waals surface area contributed by atoms with E-state index in [9.17, 15) is 5.11 Å². The molecule has 0 saturated carbocycles. The predicted molar refractivity (Wildman–Crippen MR) is 99.5 cm³/mol. The highest BCUT2D eigenvalue weighted by Crippen LogP contribution is 2.34. The highest BCUT2D eigenvalue weighted by Gasteiger charge is 2.09. The summed E-state index contributed by atoms with van der Waals surface area (Å²) in [5.41, 5.74) is 1.99. The van der Waals surface area contributed by atoms with Crippen LogP contribution in [0.1, 0.15) is 5.69 Å². The zero-order valence-electron chi connectivity index (χ0n) is 12.3. The van der Waals surface area contributed by atoms with Gasteiger partial charge in [0.05, 0.1) is 12.8 Å². The summed E-state index contributed by atoms with van der Waals surface area (Å²) in [6.07, 6.45) is 0. The quantitative estimate of drug-likeness (QED) is 0.560. The number of phenols is 1. The summed E-state index contributed by atoms with van der Waals surface area (Å²) in [5.74, 6) is 1.42. The smallest absolute Gasteiger partial charge is 0.161 e. The second kappa shape index (κ2) is 7.38. The van der Waals surface area contributed by atoms with Crippen molar-refractivity contribution in [1.29, 1.82) is 0 Å². The summed E-state index contributed by atoms with van der Waals surface area (Å²) in [6, 6.07) is 13.5. The lowest BCUT2D eigenvalue weighted by atomic mass is 10.2. The van der Waals surface area contributed by atoms with Gasteiger partial charge in [-0.05, 0) is 36.4 Å². The van der Waals surface area contributed by atoms with Crippen LogP contribution in [0, 0.1) is 0 Å². The number of methoxy groups -OCH3 is 1. The van der Waals surface area contributed by atoms with E-state index in [1.54, 1.807) is 42.3 Å². The fourth-order valence-corrected chi connectivity index (χ4v) is 4.35. The van der Waals surface area contributed by atoms with Gasteiger partial charge in [0.1, 0.15) is 5.01 Å². The van der Waals surface area contributed by atoms with Crippen molar-refractivity contribution in [1.82, 2.24) is 4.98 Å². The van der Waals surface area contributed by atoms with Gasteiger partial charge < -0.3 is 9.84 Å². The van der Waals surface area contributed by atoms with Gasteiger partial charge in [-0.3, -0.25) is 0 Å². The van der Waals surface area contributed by atoms with Crippen LogP contribution in [0.4, 0.5) is 0 Å². The Hall–Kier alpha value is -1.50. The van der Waals surface area contributed by atoms with Crippen molar-refractivity contribution in [3.05, 3.63) is 58.0 Å². The number of aromatic nitrogens is 1. The number of hydrogen-bond donors (Lipinski definition) is 1. The first-order valence-electron chi connectivity index (χ1n) is 6.86. The van der Waals surface area contributed by atoms with Crippen LogP contribution in [0.15, 0.2) is 57.2 Å². The van der Waals surface area contributed by atoms with Crippen molar-refractivity contribution in [3.8, 4) is 22.1 Å². The van der Waals surface area contributed by atoms with Gasteiger partial charge in [0.15, 0.2) is 11.5 Å². The molecular formula is C17H14BrNO2S2. The lowest BCUT2D eigenvalue weighted by Crippen LogP contribution is -1.86. The Morgan fingerprint density at radius 2 is 2.13 bits per heavy atom. The van der Waals surface area contributed by atoms with E-state index in [-0.39, 0.29) is 5.75 Å². The van der Waals surface area contributed by atoms with Gasteiger partial charge in [0.25, 0.3) is 0 Å². The van der Waals surface area contributed by atoms with Gasteiger partial charge in [-0.2, -0.15) is 0 Å². The number of rotatable bonds is 5. The number of hydrogen-bond acceptors (Lipinski definition) is 5. The minimum atomic E-state index is 0.137. The summed E-state index contributed by atoms with van der Waals surface area (Å²) in [4.78, 5) is 5.88. The molecule has 23 heavy (non-hydrogen) atoms. The average molecular weight is 408 g/mol. The molecule has 1 N–H and O–H groups in total. The molecule has 3 rings (SSSR count). The molecule has 0 aliphatic carbocycles. The van der Waals surface area contributed by atoms with Crippen molar-refractivity contribution in [2.45, 2.75) is 10.6 Å². The van der Waals surface area contributed by atoms with Crippen LogP contribution in [-0.2, 0) is 5.75 Å². The molecule has 0 atom stereocenters. The number of thiazole rings is 1. The molecule has 0 unspecified atom stereocenters. The Morgan fingerprint density at radius 1 is 1.26 bits per heavy atom. The molecule has 1 heterocycles. The Bertz CT molecular complexity index is 820. The third-order valence-corrected chi connectivity index (χ3v) is 5.62. The second-order valence-electron chi connectivity index (χ2n) is 4.78. The number of thioether (sulfide) groups is 1. The van der Waals surface area contributed by atoms with E-state index in [1.807, 2.05) is 18.2 Å². The van der Waals surface area contributed by atoms with Gasteiger partial charge in [-0.1, -0.05) is 22.0 Å². The van der Waals surface area contributed by atoms with Crippen LogP contribution < -0.4 is 4.74 Å². The van der Waals surface area contributed by atoms with Crippen molar-refractivity contribution in [2.75, 3.05) is 7.11 Å². The molecule has 3 aromatic rings. The normalized spacial score (nSPS) is 10.7. The maximum atomic E-state index is 9.67. The van der Waals surface area contributed by atoms with Crippen LogP contribution in [0.5, 0.6) is 11.5 Å². The molecule has 1 aromatic heterocycles. The van der Waals surface area contributed by atoms with E-state index < -0.39 is 0 Å². The van der Waals surface area contributed by atoms with Crippen LogP contribution in [0.3, 0.4) is 0 Å². The first-order valence-corrected chi connectivity index (χ1v) is 9.51. The van der Waals surface area contributed by atoms with E-state index in [0.29, 0.717) is 5.75 Å². The molecular weight excluding hydrogens is 394 g/mol. The summed E-state index contributed by atoms with van der Waals surface area (Å²) in [7, 11) is 1.54. The topological polar surface area (TPSA) is 42.4 Å². The summed E-state index contributed by atoms with van der Waals surface area (Å²) in [5, 5.41) is 12.7. The van der Waals surface area contributed by atoms with Crippen LogP contribution in [0.2, 0.25) is 0 Å². The minimum absolute atomic E-state index is 0.137. The van der Waals surface area contributed by atoms with Gasteiger partial charge in [-0.15, -0.1) is 23.1 Å². The van der Waals surface area contributed by atoms with Crippen LogP contribution in [-0.4, -0.2) is 17.2 Å². The molecule has 6 heteroatoms. The molecule has 0 spiro atoms. The SMILES string of the molecule is COc1cc(-c2nc(CSc3cccc(Br)c3)cs2)ccc1O. The van der Waals surface area contributed by atoms with Crippen molar-refractivity contribution >= 4 is 39.0 Å². The van der Waals surface area contributed by atoms with Gasteiger partial charge in [0.2, 0.25) is 0 Å². The van der Waals surface area contributed by atoms with Gasteiger partial charge in [0, 0.05) is 26.1 Å². The van der Waals surface area contributed by atoms with Crippen LogP contribution >= 0.6 is 39.0 Å². The Kier molecular flexibility index (Phi) is 5.25. The highest BCUT2D eigenvalue weighted by molar-refractivity contribution is 9.10. The number of nitrogens with zero attached hydrogens (tertiary/aromatic N) is 1. The fourth-order valence-electron chi connectivity index (χ4n) is 2.03. The fraction of sp³-hybridized carbons (Fsp3) is 0.118. The second-order valence-corrected chi connectivity index (χ2v) is 7.60. The largest absolute Gasteiger partial charge is 0.504 e. The first-order chi connectivity index (χ1) is 11.2. The van der Waals surface area contributed by atoms with Crippen LogP contribution in [0.25, 0.3) is 10.6 Å². The number of halogens is 1. The lowest BCUT2D eigenvalue weighted by molar-refractivity contribution is 0.373. The Morgan fingerprint density at radius 3 is 2.91 bits per heavy atom. The number of ether oxygens (including phenoxy) is 1. The summed E-state index contributed by atoms with van der Waals surface area (Å²) in [6.45, 7) is 0. The predicted octanol–water partition coefficient (Wildman–Crippen LogP) is 5.58. The third-order valence-electron chi connectivity index (χ3n) is 3.16. The Labute approximate surface area is 151 Å². The molecule has 0 bridgehead atoms. The highest BCUT2D eigenvalue weighted by atomic mass is 79.9. The molecule has 2 aromatic carbocycles. The maximum Gasteiger partial charge on any atom is 0.161 e. The number of aromatic hydroxyl groups is 1. The molecule has 0 amide bonds. The van der Waals surface area contributed by atoms with E-state index >= 15 is 0 Å². The molecule has 0 fully saturated rings. The minimum Gasteiger partial charge on any atom is -0.504 e. The average Bonchev–Trinajstić information content (AvgIpc) is 3.02. The first kappa shape index (κ1) is 16.4. The lowest BCUT2D eigenvalue weighted by Gasteiger charge is -2.04. The summed E-state index contributed by atoms with van der Waals surface area (Å²) >= 11 is 6.83. The number of benzene rings is 2. The molecule has 0 radical (unpaired) electrons. The molecule has 0 aliphatic heterocycles. The molecule has 3 nitrogen and oxygen atoms in total. The zero-order chi connectivity index (χ0) is 16.2. The Balaban J connectivity index is 1.73. The van der Waals surface area contributed by atoms with Crippen molar-refractivity contribution in [3.63, 3.8) is 0 Å². The summed E-state index contributed by atoms with van der Waals surface area (Å²) < 4.78 is 6.23. The van der Waals surface area contributed by atoms with E-state index in [4.69, 9.17) is 4.74 Å². The van der Waals surface area contributed by atoms with E-state index in [0.717, 1.165) is 26.5 Å². The van der Waals surface area contributed by atoms with Crippen molar-refractivity contribution < 1.29 is 9.84 Å². The molecule has 0 aliphatic rings. The third kappa shape index (κ3) is 4.07. The zero-order valence-corrected chi connectivity index (χ0v) is 15.5. The van der Waals surface area contributed by atoms with E-state index in [2.05, 4.69) is 38.4 Å². The standard InChI is InChI=1S/C17H14BrNO2S2/c1-21-16-7-11(5-6-15(16)20)17-19-13(10-23-17)9-22-14-4-2-3-12(18)8-14/h2-8,10,20H,9H2,1H3. The van der Waals surface area contributed by atoms with Crippen molar-refractivity contribution in [2.24, 2.45) is 0 Å². The molecule has 0 saturated heterocycles. The number of phenolic OH excluding ortho intramolecular Hbond substituents is 1.